The number of aliphatic hydroxyl groups is 1. The zero-order chi connectivity index (χ0) is 13.7. The van der Waals surface area contributed by atoms with Gasteiger partial charge in [0.25, 0.3) is 5.56 Å². The van der Waals surface area contributed by atoms with E-state index in [0.29, 0.717) is 6.61 Å². The number of aliphatic hydroxyl groups excluding tert-OH is 1. The molecular formula is C15H17NO3. The van der Waals surface area contributed by atoms with E-state index in [2.05, 4.69) is 0 Å². The van der Waals surface area contributed by atoms with Crippen molar-refractivity contribution in [1.29, 1.82) is 0 Å². The van der Waals surface area contributed by atoms with E-state index < -0.39 is 6.10 Å². The van der Waals surface area contributed by atoms with Crippen molar-refractivity contribution >= 4 is 0 Å². The van der Waals surface area contributed by atoms with Gasteiger partial charge in [-0.05, 0) is 30.7 Å². The summed E-state index contributed by atoms with van der Waals surface area (Å²) in [5.74, 6) is 0.773. The number of ether oxygens (including phenoxy) is 1. The Morgan fingerprint density at radius 2 is 1.95 bits per heavy atom. The molecule has 2 aromatic rings. The number of benzene rings is 1. The molecular weight excluding hydrogens is 242 g/mol. The summed E-state index contributed by atoms with van der Waals surface area (Å²) < 4.78 is 6.83. The Kier molecular flexibility index (Phi) is 4.36. The van der Waals surface area contributed by atoms with Crippen LogP contribution in [-0.4, -0.2) is 16.3 Å². The van der Waals surface area contributed by atoms with Gasteiger partial charge in [0.05, 0.1) is 19.3 Å². The van der Waals surface area contributed by atoms with Crippen molar-refractivity contribution in [2.45, 2.75) is 19.6 Å². The quantitative estimate of drug-likeness (QED) is 0.893. The van der Waals surface area contributed by atoms with Gasteiger partial charge in [0.1, 0.15) is 5.75 Å². The number of rotatable bonds is 5. The molecule has 0 aliphatic carbocycles. The predicted octanol–water partition coefficient (Wildman–Crippen LogP) is 1.98. The van der Waals surface area contributed by atoms with Gasteiger partial charge in [-0.25, -0.2) is 0 Å². The van der Waals surface area contributed by atoms with Crippen molar-refractivity contribution in [2.75, 3.05) is 6.61 Å². The number of aromatic nitrogens is 1. The molecule has 100 valence electrons. The molecule has 4 heteroatoms. The van der Waals surface area contributed by atoms with Crippen molar-refractivity contribution in [1.82, 2.24) is 4.57 Å². The zero-order valence-corrected chi connectivity index (χ0v) is 10.8. The van der Waals surface area contributed by atoms with Gasteiger partial charge in [0.15, 0.2) is 0 Å². The van der Waals surface area contributed by atoms with Crippen LogP contribution in [0.5, 0.6) is 5.75 Å². The highest BCUT2D eigenvalue weighted by molar-refractivity contribution is 5.28. The Labute approximate surface area is 111 Å². The molecule has 0 saturated heterocycles. The molecule has 2 rings (SSSR count). The Bertz CT molecular complexity index is 574. The summed E-state index contributed by atoms with van der Waals surface area (Å²) in [6, 6.07) is 12.2. The lowest BCUT2D eigenvalue weighted by Gasteiger charge is -2.13. The highest BCUT2D eigenvalue weighted by atomic mass is 16.5. The third-order valence-corrected chi connectivity index (χ3v) is 2.84. The van der Waals surface area contributed by atoms with Crippen LogP contribution in [0.25, 0.3) is 0 Å². The minimum absolute atomic E-state index is 0.118. The van der Waals surface area contributed by atoms with Crippen molar-refractivity contribution < 1.29 is 9.84 Å². The van der Waals surface area contributed by atoms with Gasteiger partial charge >= 0.3 is 0 Å². The molecule has 0 aliphatic rings. The summed E-state index contributed by atoms with van der Waals surface area (Å²) in [6.07, 6.45) is 0.955. The fraction of sp³-hybridized carbons (Fsp3) is 0.267. The number of nitrogens with zero attached hydrogens (tertiary/aromatic N) is 1. The first kappa shape index (κ1) is 13.4. The van der Waals surface area contributed by atoms with Crippen LogP contribution in [-0.2, 0) is 6.54 Å². The van der Waals surface area contributed by atoms with E-state index in [1.54, 1.807) is 18.3 Å². The van der Waals surface area contributed by atoms with Crippen LogP contribution in [0.3, 0.4) is 0 Å². The van der Waals surface area contributed by atoms with Crippen LogP contribution in [0.1, 0.15) is 18.6 Å². The molecule has 0 bridgehead atoms. The Morgan fingerprint density at radius 3 is 2.58 bits per heavy atom. The first-order chi connectivity index (χ1) is 9.20. The average molecular weight is 259 g/mol. The average Bonchev–Trinajstić information content (AvgIpc) is 2.42. The molecule has 1 aromatic carbocycles. The van der Waals surface area contributed by atoms with Gasteiger partial charge in [0.2, 0.25) is 0 Å². The molecule has 0 saturated carbocycles. The van der Waals surface area contributed by atoms with Crippen LogP contribution in [0, 0.1) is 0 Å². The normalized spacial score (nSPS) is 12.1. The van der Waals surface area contributed by atoms with E-state index in [1.165, 1.54) is 10.6 Å². The van der Waals surface area contributed by atoms with Crippen LogP contribution in [0.2, 0.25) is 0 Å². The minimum atomic E-state index is -0.712. The van der Waals surface area contributed by atoms with E-state index in [4.69, 9.17) is 4.74 Å². The topological polar surface area (TPSA) is 51.5 Å². The number of pyridine rings is 1. The Balaban J connectivity index is 2.09. The summed E-state index contributed by atoms with van der Waals surface area (Å²) in [6.45, 7) is 2.78. The number of hydrogen-bond donors (Lipinski definition) is 1. The number of hydrogen-bond acceptors (Lipinski definition) is 3. The first-order valence-electron chi connectivity index (χ1n) is 6.27. The molecule has 19 heavy (non-hydrogen) atoms. The van der Waals surface area contributed by atoms with Crippen molar-refractivity contribution in [3.05, 3.63) is 64.6 Å². The molecule has 1 atom stereocenters. The lowest BCUT2D eigenvalue weighted by Crippen LogP contribution is -2.21. The fourth-order valence-corrected chi connectivity index (χ4v) is 1.86. The Hall–Kier alpha value is -2.07. The SMILES string of the molecule is CCOc1ccc(C(O)Cn2ccccc2=O)cc1. The zero-order valence-electron chi connectivity index (χ0n) is 10.8. The summed E-state index contributed by atoms with van der Waals surface area (Å²) in [7, 11) is 0. The highest BCUT2D eigenvalue weighted by Crippen LogP contribution is 2.18. The predicted molar refractivity (Wildman–Crippen MR) is 73.3 cm³/mol. The van der Waals surface area contributed by atoms with Crippen molar-refractivity contribution in [3.63, 3.8) is 0 Å². The van der Waals surface area contributed by atoms with Crippen LogP contribution in [0.15, 0.2) is 53.5 Å². The first-order valence-corrected chi connectivity index (χ1v) is 6.27. The summed E-state index contributed by atoms with van der Waals surface area (Å²) >= 11 is 0. The van der Waals surface area contributed by atoms with E-state index in [0.717, 1.165) is 11.3 Å². The highest BCUT2D eigenvalue weighted by Gasteiger charge is 2.09. The van der Waals surface area contributed by atoms with Gasteiger partial charge in [-0.3, -0.25) is 4.79 Å². The van der Waals surface area contributed by atoms with E-state index >= 15 is 0 Å². The van der Waals surface area contributed by atoms with Gasteiger partial charge in [0, 0.05) is 12.3 Å². The van der Waals surface area contributed by atoms with Crippen molar-refractivity contribution in [2.24, 2.45) is 0 Å². The molecule has 0 aliphatic heterocycles. The Morgan fingerprint density at radius 1 is 1.21 bits per heavy atom. The molecule has 0 fully saturated rings. The summed E-state index contributed by atoms with van der Waals surface area (Å²) in [5, 5.41) is 10.1. The minimum Gasteiger partial charge on any atom is -0.494 e. The maximum atomic E-state index is 11.6. The maximum absolute atomic E-state index is 11.6. The molecule has 4 nitrogen and oxygen atoms in total. The molecule has 1 aromatic heterocycles. The molecule has 1 heterocycles. The van der Waals surface area contributed by atoms with Crippen LogP contribution < -0.4 is 10.3 Å². The smallest absolute Gasteiger partial charge is 0.250 e. The van der Waals surface area contributed by atoms with Gasteiger partial charge in [-0.1, -0.05) is 18.2 Å². The molecule has 1 N–H and O–H groups in total. The molecule has 0 radical (unpaired) electrons. The van der Waals surface area contributed by atoms with E-state index in [9.17, 15) is 9.90 Å². The third kappa shape index (κ3) is 3.45. The monoisotopic (exact) mass is 259 g/mol. The standard InChI is InChI=1S/C15H17NO3/c1-2-19-13-8-6-12(7-9-13)14(17)11-16-10-4-3-5-15(16)18/h3-10,14,17H,2,11H2,1H3. The van der Waals surface area contributed by atoms with Crippen molar-refractivity contribution in [3.8, 4) is 5.75 Å². The van der Waals surface area contributed by atoms with Gasteiger partial charge in [-0.15, -0.1) is 0 Å². The molecule has 1 unspecified atom stereocenters. The fourth-order valence-electron chi connectivity index (χ4n) is 1.86. The second kappa shape index (κ2) is 6.20. The summed E-state index contributed by atoms with van der Waals surface area (Å²) in [4.78, 5) is 11.6. The van der Waals surface area contributed by atoms with Gasteiger partial charge in [-0.2, -0.15) is 0 Å². The van der Waals surface area contributed by atoms with E-state index in [-0.39, 0.29) is 12.1 Å². The second-order valence-electron chi connectivity index (χ2n) is 4.21. The third-order valence-electron chi connectivity index (χ3n) is 2.84. The van der Waals surface area contributed by atoms with Crippen LogP contribution in [0.4, 0.5) is 0 Å². The van der Waals surface area contributed by atoms with Gasteiger partial charge < -0.3 is 14.4 Å². The molecule has 0 spiro atoms. The lowest BCUT2D eigenvalue weighted by molar-refractivity contribution is 0.155. The second-order valence-corrected chi connectivity index (χ2v) is 4.21. The van der Waals surface area contributed by atoms with Crippen LogP contribution >= 0.6 is 0 Å². The largest absolute Gasteiger partial charge is 0.494 e. The molecule has 0 amide bonds. The maximum Gasteiger partial charge on any atom is 0.250 e. The van der Waals surface area contributed by atoms with E-state index in [1.807, 2.05) is 31.2 Å². The lowest BCUT2D eigenvalue weighted by atomic mass is 10.1. The summed E-state index contributed by atoms with van der Waals surface area (Å²) in [5.41, 5.74) is 0.645.